The molecule has 0 saturated carbocycles. The molecule has 1 atom stereocenters. The van der Waals surface area contributed by atoms with Gasteiger partial charge in [0.2, 0.25) is 0 Å². The van der Waals surface area contributed by atoms with Gasteiger partial charge in [0.25, 0.3) is 0 Å². The SMILES string of the molecule is CCOC(=O)CC1=CSC2=NC(C)=C(C(=O)OC)C(c3ccc(C)cc3)N12. The summed E-state index contributed by atoms with van der Waals surface area (Å²) in [5, 5.41) is 2.63. The Kier molecular flexibility index (Phi) is 5.70. The van der Waals surface area contributed by atoms with Crippen molar-refractivity contribution in [2.75, 3.05) is 13.7 Å². The van der Waals surface area contributed by atoms with E-state index in [4.69, 9.17) is 9.47 Å². The molecule has 0 N–H and O–H groups in total. The van der Waals surface area contributed by atoms with Crippen LogP contribution in [0.15, 0.2) is 51.6 Å². The highest BCUT2D eigenvalue weighted by Gasteiger charge is 2.41. The number of allylic oxidation sites excluding steroid dienone is 1. The highest BCUT2D eigenvalue weighted by molar-refractivity contribution is 8.16. The summed E-state index contributed by atoms with van der Waals surface area (Å²) in [7, 11) is 1.36. The summed E-state index contributed by atoms with van der Waals surface area (Å²) in [6, 6.07) is 7.58. The average molecular weight is 386 g/mol. The Hall–Kier alpha value is -2.54. The third kappa shape index (κ3) is 3.78. The first-order valence-electron chi connectivity index (χ1n) is 8.71. The zero-order chi connectivity index (χ0) is 19.6. The molecule has 2 aliphatic rings. The van der Waals surface area contributed by atoms with E-state index in [1.807, 2.05) is 48.4 Å². The Balaban J connectivity index is 2.06. The van der Waals surface area contributed by atoms with E-state index < -0.39 is 12.0 Å². The van der Waals surface area contributed by atoms with Crippen molar-refractivity contribution in [1.29, 1.82) is 0 Å². The summed E-state index contributed by atoms with van der Waals surface area (Å²) in [6.45, 7) is 5.92. The van der Waals surface area contributed by atoms with Gasteiger partial charge in [-0.05, 0) is 31.7 Å². The van der Waals surface area contributed by atoms with Gasteiger partial charge in [-0.2, -0.15) is 0 Å². The Morgan fingerprint density at radius 1 is 1.22 bits per heavy atom. The maximum Gasteiger partial charge on any atom is 0.338 e. The second kappa shape index (κ2) is 8.00. The topological polar surface area (TPSA) is 68.2 Å². The number of carbonyl (C=O) groups is 2. The predicted molar refractivity (Wildman–Crippen MR) is 105 cm³/mol. The largest absolute Gasteiger partial charge is 0.466 e. The van der Waals surface area contributed by atoms with Crippen molar-refractivity contribution in [2.24, 2.45) is 4.99 Å². The molecule has 0 spiro atoms. The molecule has 0 fully saturated rings. The number of hydrogen-bond acceptors (Lipinski definition) is 7. The van der Waals surface area contributed by atoms with Crippen molar-refractivity contribution in [3.05, 3.63) is 57.8 Å². The third-order valence-electron chi connectivity index (χ3n) is 4.43. The Morgan fingerprint density at radius 3 is 2.56 bits per heavy atom. The number of hydrogen-bond donors (Lipinski definition) is 0. The molecule has 0 aliphatic carbocycles. The van der Waals surface area contributed by atoms with Gasteiger partial charge in [0, 0.05) is 5.70 Å². The summed E-state index contributed by atoms with van der Waals surface area (Å²) in [5.41, 5.74) is 3.92. The molecule has 6 nitrogen and oxygen atoms in total. The first-order chi connectivity index (χ1) is 13.0. The molecule has 0 amide bonds. The summed E-state index contributed by atoms with van der Waals surface area (Å²) in [5.74, 6) is -0.729. The lowest BCUT2D eigenvalue weighted by molar-refractivity contribution is -0.142. The molecule has 2 aliphatic heterocycles. The number of rotatable bonds is 5. The number of aryl methyl sites for hydroxylation is 1. The van der Waals surface area contributed by atoms with Gasteiger partial charge in [-0.1, -0.05) is 41.6 Å². The van der Waals surface area contributed by atoms with Gasteiger partial charge in [-0.25, -0.2) is 9.79 Å². The quantitative estimate of drug-likeness (QED) is 0.719. The van der Waals surface area contributed by atoms with Crippen molar-refractivity contribution in [3.63, 3.8) is 0 Å². The van der Waals surface area contributed by atoms with Gasteiger partial charge in [0.05, 0.1) is 37.4 Å². The molecule has 142 valence electrons. The highest BCUT2D eigenvalue weighted by atomic mass is 32.2. The average Bonchev–Trinajstić information content (AvgIpc) is 3.03. The molecule has 0 saturated heterocycles. The van der Waals surface area contributed by atoms with E-state index in [2.05, 4.69) is 4.99 Å². The Morgan fingerprint density at radius 2 is 1.93 bits per heavy atom. The lowest BCUT2D eigenvalue weighted by atomic mass is 9.93. The fraction of sp³-hybridized carbons (Fsp3) is 0.350. The van der Waals surface area contributed by atoms with Crippen molar-refractivity contribution in [1.82, 2.24) is 4.90 Å². The number of ether oxygens (including phenoxy) is 2. The first kappa shape index (κ1) is 19.2. The number of esters is 2. The highest BCUT2D eigenvalue weighted by Crippen LogP contribution is 2.44. The van der Waals surface area contributed by atoms with Crippen LogP contribution >= 0.6 is 11.8 Å². The molecule has 3 rings (SSSR count). The van der Waals surface area contributed by atoms with Crippen molar-refractivity contribution < 1.29 is 19.1 Å². The van der Waals surface area contributed by atoms with E-state index in [1.54, 1.807) is 6.92 Å². The fourth-order valence-electron chi connectivity index (χ4n) is 3.16. The first-order valence-corrected chi connectivity index (χ1v) is 9.59. The van der Waals surface area contributed by atoms with Gasteiger partial charge in [-0.15, -0.1) is 0 Å². The number of methoxy groups -OCH3 is 1. The molecular weight excluding hydrogens is 364 g/mol. The molecule has 0 aromatic heterocycles. The summed E-state index contributed by atoms with van der Waals surface area (Å²) in [4.78, 5) is 31.1. The normalized spacial score (nSPS) is 18.7. The zero-order valence-corrected chi connectivity index (χ0v) is 16.6. The summed E-state index contributed by atoms with van der Waals surface area (Å²) in [6.07, 6.45) is 0.121. The van der Waals surface area contributed by atoms with Crippen LogP contribution in [0.3, 0.4) is 0 Å². The van der Waals surface area contributed by atoms with Gasteiger partial charge in [-0.3, -0.25) is 4.79 Å². The zero-order valence-electron chi connectivity index (χ0n) is 15.8. The van der Waals surface area contributed by atoms with Crippen LogP contribution in [0.4, 0.5) is 0 Å². The third-order valence-corrected chi connectivity index (χ3v) is 5.32. The minimum atomic E-state index is -0.423. The van der Waals surface area contributed by atoms with Crippen LogP contribution < -0.4 is 0 Å². The minimum absolute atomic E-state index is 0.121. The molecule has 1 aromatic carbocycles. The van der Waals surface area contributed by atoms with Crippen LogP contribution in [-0.4, -0.2) is 35.7 Å². The van der Waals surface area contributed by atoms with E-state index in [1.165, 1.54) is 18.9 Å². The van der Waals surface area contributed by atoms with E-state index in [-0.39, 0.29) is 12.4 Å². The summed E-state index contributed by atoms with van der Waals surface area (Å²) >= 11 is 1.44. The second-order valence-corrected chi connectivity index (χ2v) is 7.11. The summed E-state index contributed by atoms with van der Waals surface area (Å²) < 4.78 is 10.1. The predicted octanol–water partition coefficient (Wildman–Crippen LogP) is 3.70. The number of aliphatic imine (C=N–C) groups is 1. The monoisotopic (exact) mass is 386 g/mol. The molecule has 0 radical (unpaired) electrons. The number of thioether (sulfide) groups is 1. The number of benzene rings is 1. The smallest absolute Gasteiger partial charge is 0.338 e. The van der Waals surface area contributed by atoms with E-state index in [0.717, 1.165) is 22.0 Å². The van der Waals surface area contributed by atoms with E-state index in [9.17, 15) is 9.59 Å². The van der Waals surface area contributed by atoms with Gasteiger partial charge < -0.3 is 14.4 Å². The number of amidine groups is 1. The number of fused-ring (bicyclic) bond motifs is 1. The minimum Gasteiger partial charge on any atom is -0.466 e. The molecule has 1 unspecified atom stereocenters. The van der Waals surface area contributed by atoms with E-state index in [0.29, 0.717) is 17.9 Å². The van der Waals surface area contributed by atoms with Crippen LogP contribution in [0, 0.1) is 6.92 Å². The molecule has 0 bridgehead atoms. The molecular formula is C20H22N2O4S. The standard InChI is InChI=1S/C20H22N2O4S/c1-5-26-16(23)10-15-11-27-20-21-13(3)17(19(24)25-4)18(22(15)20)14-8-6-12(2)7-9-14/h6-9,11,18H,5,10H2,1-4H3. The molecule has 2 heterocycles. The van der Waals surface area contributed by atoms with Crippen LogP contribution in [0.25, 0.3) is 0 Å². The maximum atomic E-state index is 12.6. The lowest BCUT2D eigenvalue weighted by Crippen LogP contribution is -2.37. The van der Waals surface area contributed by atoms with E-state index >= 15 is 0 Å². The number of carbonyl (C=O) groups excluding carboxylic acids is 2. The number of nitrogens with zero attached hydrogens (tertiary/aromatic N) is 2. The van der Waals surface area contributed by atoms with Crippen molar-refractivity contribution in [2.45, 2.75) is 33.2 Å². The van der Waals surface area contributed by atoms with Crippen LogP contribution in [0.5, 0.6) is 0 Å². The molecule has 1 aromatic rings. The van der Waals surface area contributed by atoms with Gasteiger partial charge in [0.1, 0.15) is 0 Å². The van der Waals surface area contributed by atoms with Gasteiger partial charge >= 0.3 is 11.9 Å². The van der Waals surface area contributed by atoms with Crippen molar-refractivity contribution in [3.8, 4) is 0 Å². The van der Waals surface area contributed by atoms with Crippen LogP contribution in [-0.2, 0) is 19.1 Å². The molecule has 27 heavy (non-hydrogen) atoms. The van der Waals surface area contributed by atoms with Gasteiger partial charge in [0.15, 0.2) is 5.17 Å². The fourth-order valence-corrected chi connectivity index (χ4v) is 4.13. The second-order valence-electron chi connectivity index (χ2n) is 6.28. The maximum absolute atomic E-state index is 12.6. The Bertz CT molecular complexity index is 855. The Labute approximate surface area is 162 Å². The molecule has 7 heteroatoms. The van der Waals surface area contributed by atoms with Crippen LogP contribution in [0.2, 0.25) is 0 Å². The van der Waals surface area contributed by atoms with Crippen LogP contribution in [0.1, 0.15) is 37.4 Å². The lowest BCUT2D eigenvalue weighted by Gasteiger charge is -2.36. The van der Waals surface area contributed by atoms with Crippen molar-refractivity contribution >= 4 is 28.9 Å².